The number of halogens is 1. The summed E-state index contributed by atoms with van der Waals surface area (Å²) in [6.45, 7) is 19.3. The molecule has 3 aliphatic rings. The smallest absolute Gasteiger partial charge is 0.157 e. The van der Waals surface area contributed by atoms with Gasteiger partial charge < -0.3 is 15.8 Å². The number of rotatable bonds is 7. The lowest BCUT2D eigenvalue weighted by Crippen LogP contribution is -2.49. The Morgan fingerprint density at radius 1 is 1.00 bits per heavy atom. The second-order valence-electron chi connectivity index (χ2n) is 11.1. The summed E-state index contributed by atoms with van der Waals surface area (Å²) in [7, 11) is 1.00. The van der Waals surface area contributed by atoms with Gasteiger partial charge in [0.2, 0.25) is 0 Å². The van der Waals surface area contributed by atoms with Crippen molar-refractivity contribution >= 4 is 28.8 Å². The van der Waals surface area contributed by atoms with E-state index >= 15 is 0 Å². The molecule has 3 aliphatic carbocycles. The van der Waals surface area contributed by atoms with Crippen molar-refractivity contribution < 1.29 is 9.90 Å². The van der Waals surface area contributed by atoms with E-state index in [1.807, 2.05) is 53.7 Å². The normalized spacial score (nSPS) is 29.7. The van der Waals surface area contributed by atoms with Gasteiger partial charge in [0.25, 0.3) is 0 Å². The van der Waals surface area contributed by atoms with E-state index in [-0.39, 0.29) is 23.7 Å². The van der Waals surface area contributed by atoms with E-state index in [1.54, 1.807) is 6.07 Å². The van der Waals surface area contributed by atoms with Gasteiger partial charge in [-0.1, -0.05) is 99.2 Å². The Morgan fingerprint density at radius 3 is 2.20 bits per heavy atom. The van der Waals surface area contributed by atoms with Crippen LogP contribution in [0.5, 0.6) is 0 Å². The molecule has 0 spiro atoms. The van der Waals surface area contributed by atoms with E-state index in [1.165, 1.54) is 56.4 Å². The van der Waals surface area contributed by atoms with Gasteiger partial charge in [0.15, 0.2) is 5.78 Å². The molecular weight excluding hydrogens is 518 g/mol. The Bertz CT molecular complexity index is 835. The van der Waals surface area contributed by atoms with E-state index in [0.717, 1.165) is 37.2 Å². The predicted octanol–water partition coefficient (Wildman–Crippen LogP) is 9.15. The third-order valence-electron chi connectivity index (χ3n) is 9.72. The number of nitrogen functional groups attached to an aromatic ring is 1. The van der Waals surface area contributed by atoms with E-state index in [0.29, 0.717) is 22.3 Å². The van der Waals surface area contributed by atoms with Crippen molar-refractivity contribution in [2.24, 2.45) is 46.8 Å². The number of nitrogens with two attached hydrogens (primary N) is 2. The van der Waals surface area contributed by atoms with Gasteiger partial charge >= 0.3 is 0 Å². The number of carbonyl (C=O) groups excluding carboxylic acids is 1. The third-order valence-corrected chi connectivity index (χ3v) is 10.0. The molecule has 4 rings (SSSR count). The largest absolute Gasteiger partial charge is 0.400 e. The molecule has 0 bridgehead atoms. The standard InChI is InChI=1S/C27H42ClN3O.3C2H6.CH4O/c1-4-7-18-17(5-2)10-11-20-19(18)14-15-27(3)21(20)12-13-22(27)25(32)16-31(30)24-9-6-8-23(28)26(24)29;4*1-2/h6,8-9,17-22H,4-5,7,10-16,29-30H2,1-3H3;3*1-2H3;2H,1H3. The molecule has 7 unspecified atom stereocenters. The maximum atomic E-state index is 13.5. The van der Waals surface area contributed by atoms with Crippen molar-refractivity contribution in [1.29, 1.82) is 0 Å². The number of anilines is 2. The minimum absolute atomic E-state index is 0.105. The van der Waals surface area contributed by atoms with Crippen molar-refractivity contribution in [2.75, 3.05) is 24.4 Å². The maximum absolute atomic E-state index is 13.5. The SMILES string of the molecule is CC.CC.CC.CCCC1C(CC)CCC2C1CCC1(C)C(C(=O)CN(N)c3cccc(Cl)c3N)CCC21.CO. The highest BCUT2D eigenvalue weighted by molar-refractivity contribution is 6.33. The number of aliphatic hydroxyl groups excluding tert-OH is 1. The van der Waals surface area contributed by atoms with Crippen LogP contribution in [0.25, 0.3) is 0 Å². The quantitative estimate of drug-likeness (QED) is 0.169. The van der Waals surface area contributed by atoms with Gasteiger partial charge in [-0.2, -0.15) is 0 Å². The van der Waals surface area contributed by atoms with Crippen LogP contribution >= 0.6 is 11.6 Å². The van der Waals surface area contributed by atoms with Crippen molar-refractivity contribution in [3.63, 3.8) is 0 Å². The lowest BCUT2D eigenvalue weighted by Gasteiger charge is -2.54. The van der Waals surface area contributed by atoms with Crippen molar-refractivity contribution in [1.82, 2.24) is 0 Å². The number of carbonyl (C=O) groups is 1. The van der Waals surface area contributed by atoms with Crippen LogP contribution in [0.2, 0.25) is 5.02 Å². The summed E-state index contributed by atoms with van der Waals surface area (Å²) in [5.41, 5.74) is 7.31. The molecule has 7 atom stereocenters. The first-order valence-electron chi connectivity index (χ1n) is 16.3. The molecule has 0 heterocycles. The highest BCUT2D eigenvalue weighted by Gasteiger charge is 2.57. The van der Waals surface area contributed by atoms with E-state index in [4.69, 9.17) is 28.3 Å². The van der Waals surface area contributed by atoms with Crippen LogP contribution in [0.3, 0.4) is 0 Å². The highest BCUT2D eigenvalue weighted by atomic mass is 35.5. The van der Waals surface area contributed by atoms with Gasteiger partial charge in [-0.05, 0) is 85.7 Å². The fourth-order valence-corrected chi connectivity index (χ4v) is 8.36. The number of benzene rings is 1. The zero-order chi connectivity index (χ0) is 31.0. The summed E-state index contributed by atoms with van der Waals surface area (Å²) in [6, 6.07) is 5.40. The monoisotopic (exact) mass is 581 g/mol. The van der Waals surface area contributed by atoms with Gasteiger partial charge in [0.05, 0.1) is 22.9 Å². The lowest BCUT2D eigenvalue weighted by atomic mass is 9.50. The van der Waals surface area contributed by atoms with Gasteiger partial charge in [0.1, 0.15) is 0 Å². The number of hydrogen-bond donors (Lipinski definition) is 3. The molecule has 5 N–H and O–H groups in total. The number of nitrogens with zero attached hydrogens (tertiary/aromatic N) is 1. The Kier molecular flexibility index (Phi) is 19.1. The number of Topliss-reactive ketones (excluding diaryl/α,β-unsaturated/α-hetero) is 1. The molecule has 6 heteroatoms. The van der Waals surface area contributed by atoms with Crippen LogP contribution in [0.4, 0.5) is 11.4 Å². The van der Waals surface area contributed by atoms with Crippen molar-refractivity contribution in [2.45, 2.75) is 120 Å². The molecular formula is C34H64ClN3O2. The average molecular weight is 582 g/mol. The van der Waals surface area contributed by atoms with E-state index in [9.17, 15) is 4.79 Å². The van der Waals surface area contributed by atoms with Gasteiger partial charge in [-0.3, -0.25) is 4.79 Å². The first kappa shape index (κ1) is 38.7. The summed E-state index contributed by atoms with van der Waals surface area (Å²) in [5, 5.41) is 8.97. The minimum atomic E-state index is 0.105. The molecule has 1 aromatic rings. The van der Waals surface area contributed by atoms with Crippen LogP contribution in [-0.2, 0) is 4.79 Å². The summed E-state index contributed by atoms with van der Waals surface area (Å²) < 4.78 is 0. The second kappa shape index (κ2) is 19.8. The van der Waals surface area contributed by atoms with Gasteiger partial charge in [0, 0.05) is 13.0 Å². The minimum Gasteiger partial charge on any atom is -0.400 e. The maximum Gasteiger partial charge on any atom is 0.157 e. The summed E-state index contributed by atoms with van der Waals surface area (Å²) in [4.78, 5) is 13.5. The molecule has 1 aromatic carbocycles. The fraction of sp³-hybridized carbons (Fsp3) is 0.794. The first-order valence-corrected chi connectivity index (χ1v) is 16.7. The molecule has 40 heavy (non-hydrogen) atoms. The summed E-state index contributed by atoms with van der Waals surface area (Å²) >= 11 is 6.16. The zero-order valence-corrected chi connectivity index (χ0v) is 28.4. The number of ketones is 1. The van der Waals surface area contributed by atoms with Crippen LogP contribution < -0.4 is 16.6 Å². The Hall–Kier alpha value is -1.30. The van der Waals surface area contributed by atoms with Gasteiger partial charge in [-0.25, -0.2) is 5.84 Å². The molecule has 3 fully saturated rings. The molecule has 0 saturated heterocycles. The third kappa shape index (κ3) is 8.61. The molecule has 0 amide bonds. The summed E-state index contributed by atoms with van der Waals surface area (Å²) in [6.07, 6.45) is 11.5. The Balaban J connectivity index is 0.00000175. The topological polar surface area (TPSA) is 92.6 Å². The van der Waals surface area contributed by atoms with Crippen LogP contribution in [-0.4, -0.2) is 24.5 Å². The zero-order valence-electron chi connectivity index (χ0n) is 27.6. The molecule has 0 aliphatic heterocycles. The van der Waals surface area contributed by atoms with E-state index in [2.05, 4.69) is 20.8 Å². The first-order chi connectivity index (χ1) is 19.3. The Labute approximate surface area is 252 Å². The molecule has 3 saturated carbocycles. The predicted molar refractivity (Wildman–Crippen MR) is 177 cm³/mol. The number of hydrazine groups is 1. The average Bonchev–Trinajstić information content (AvgIpc) is 3.36. The fourth-order valence-electron chi connectivity index (χ4n) is 8.19. The number of para-hydroxylation sites is 1. The number of aliphatic hydroxyl groups is 1. The van der Waals surface area contributed by atoms with Crippen molar-refractivity contribution in [3.8, 4) is 0 Å². The molecule has 0 radical (unpaired) electrons. The second-order valence-corrected chi connectivity index (χ2v) is 11.5. The molecule has 0 aromatic heterocycles. The van der Waals surface area contributed by atoms with Crippen molar-refractivity contribution in [3.05, 3.63) is 23.2 Å². The summed E-state index contributed by atoms with van der Waals surface area (Å²) in [5.74, 6) is 10.9. The highest BCUT2D eigenvalue weighted by Crippen LogP contribution is 2.63. The Morgan fingerprint density at radius 2 is 1.62 bits per heavy atom. The lowest BCUT2D eigenvalue weighted by molar-refractivity contribution is -0.128. The van der Waals surface area contributed by atoms with E-state index < -0.39 is 0 Å². The van der Waals surface area contributed by atoms with Crippen LogP contribution in [0, 0.1) is 40.9 Å². The van der Waals surface area contributed by atoms with Gasteiger partial charge in [-0.15, -0.1) is 0 Å². The van der Waals surface area contributed by atoms with Crippen LogP contribution in [0.1, 0.15) is 120 Å². The number of fused-ring (bicyclic) bond motifs is 3. The molecule has 234 valence electrons. The molecule has 5 nitrogen and oxygen atoms in total. The number of hydrogen-bond acceptors (Lipinski definition) is 5. The van der Waals surface area contributed by atoms with Crippen LogP contribution in [0.15, 0.2) is 18.2 Å².